The number of piperidine rings is 1. The Morgan fingerprint density at radius 2 is 1.75 bits per heavy atom. The molecule has 1 amide bonds. The quantitative estimate of drug-likeness (QED) is 0.849. The van der Waals surface area contributed by atoms with Crippen molar-refractivity contribution in [2.24, 2.45) is 11.3 Å². The molecule has 2 fully saturated rings. The molecule has 0 spiro atoms. The van der Waals surface area contributed by atoms with Crippen LogP contribution in [0.5, 0.6) is 0 Å². The number of hydrogen-bond donors (Lipinski definition) is 1. The molecule has 0 aromatic rings. The number of carbonyl (C=O) groups is 1. The van der Waals surface area contributed by atoms with Crippen LogP contribution in [0.1, 0.15) is 40.0 Å². The number of carbonyl (C=O) groups excluding carboxylic acids is 1. The highest BCUT2D eigenvalue weighted by Gasteiger charge is 2.38. The van der Waals surface area contributed by atoms with Gasteiger partial charge in [0.1, 0.15) is 0 Å². The summed E-state index contributed by atoms with van der Waals surface area (Å²) >= 11 is 0. The summed E-state index contributed by atoms with van der Waals surface area (Å²) in [6.07, 6.45) is 3.23. The fourth-order valence-corrected chi connectivity index (χ4v) is 3.19. The van der Waals surface area contributed by atoms with Crippen LogP contribution in [0.15, 0.2) is 0 Å². The third-order valence-electron chi connectivity index (χ3n) is 4.91. The second kappa shape index (κ2) is 6.90. The van der Waals surface area contributed by atoms with Gasteiger partial charge in [0, 0.05) is 31.6 Å². The smallest absolute Gasteiger partial charge is 0.228 e. The number of nitrogens with one attached hydrogen (secondary N) is 1. The minimum absolute atomic E-state index is 0.120. The van der Waals surface area contributed by atoms with E-state index in [1.54, 1.807) is 0 Å². The van der Waals surface area contributed by atoms with Crippen molar-refractivity contribution in [1.29, 1.82) is 0 Å². The number of nitrogens with zero attached hydrogens (tertiary/aromatic N) is 2. The van der Waals surface area contributed by atoms with Crippen molar-refractivity contribution in [1.82, 2.24) is 15.1 Å². The molecule has 1 N–H and O–H groups in total. The lowest BCUT2D eigenvalue weighted by molar-refractivity contribution is -0.144. The predicted octanol–water partition coefficient (Wildman–Crippen LogP) is 1.57. The highest BCUT2D eigenvalue weighted by atomic mass is 16.2. The third-order valence-corrected chi connectivity index (χ3v) is 4.91. The van der Waals surface area contributed by atoms with Crippen molar-refractivity contribution in [3.8, 4) is 0 Å². The van der Waals surface area contributed by atoms with Gasteiger partial charge in [-0.05, 0) is 44.8 Å². The van der Waals surface area contributed by atoms with Gasteiger partial charge in [-0.3, -0.25) is 9.69 Å². The molecule has 0 atom stereocenters. The van der Waals surface area contributed by atoms with Crippen LogP contribution in [0.25, 0.3) is 0 Å². The molecule has 4 nitrogen and oxygen atoms in total. The summed E-state index contributed by atoms with van der Waals surface area (Å²) in [6, 6.07) is 0. The van der Waals surface area contributed by atoms with Crippen LogP contribution in [-0.4, -0.2) is 61.5 Å². The summed E-state index contributed by atoms with van der Waals surface area (Å²) in [5, 5.41) is 3.35. The molecule has 2 aliphatic rings. The van der Waals surface area contributed by atoms with Gasteiger partial charge in [-0.1, -0.05) is 20.8 Å². The minimum atomic E-state index is -0.120. The molecule has 2 saturated heterocycles. The van der Waals surface area contributed by atoms with Gasteiger partial charge in [-0.15, -0.1) is 0 Å². The summed E-state index contributed by atoms with van der Waals surface area (Å²) in [5.74, 6) is 1.16. The summed E-state index contributed by atoms with van der Waals surface area (Å²) < 4.78 is 0. The van der Waals surface area contributed by atoms with Crippen molar-refractivity contribution < 1.29 is 4.79 Å². The molecule has 0 aromatic heterocycles. The van der Waals surface area contributed by atoms with Crippen molar-refractivity contribution in [3.63, 3.8) is 0 Å². The normalized spacial score (nSPS) is 24.1. The average Bonchev–Trinajstić information content (AvgIpc) is 2.45. The molecule has 20 heavy (non-hydrogen) atoms. The highest BCUT2D eigenvalue weighted by molar-refractivity contribution is 5.82. The topological polar surface area (TPSA) is 35.6 Å². The minimum Gasteiger partial charge on any atom is -0.340 e. The van der Waals surface area contributed by atoms with Gasteiger partial charge in [-0.25, -0.2) is 0 Å². The Morgan fingerprint density at radius 1 is 1.15 bits per heavy atom. The molecule has 0 aromatic carbocycles. The Kier molecular flexibility index (Phi) is 5.44. The molecular formula is C16H31N3O. The highest BCUT2D eigenvalue weighted by Crippen LogP contribution is 2.30. The summed E-state index contributed by atoms with van der Waals surface area (Å²) in [6.45, 7) is 13.8. The van der Waals surface area contributed by atoms with Crippen molar-refractivity contribution >= 4 is 5.91 Å². The fourth-order valence-electron chi connectivity index (χ4n) is 3.19. The number of hydrogen-bond acceptors (Lipinski definition) is 3. The Balaban J connectivity index is 1.79. The van der Waals surface area contributed by atoms with Crippen LogP contribution in [0.3, 0.4) is 0 Å². The lowest BCUT2D eigenvalue weighted by Crippen LogP contribution is -2.54. The monoisotopic (exact) mass is 281 g/mol. The van der Waals surface area contributed by atoms with Crippen LogP contribution in [-0.2, 0) is 4.79 Å². The Morgan fingerprint density at radius 3 is 2.30 bits per heavy atom. The summed E-state index contributed by atoms with van der Waals surface area (Å²) in [4.78, 5) is 17.3. The Bertz CT molecular complexity index is 316. The molecule has 0 bridgehead atoms. The van der Waals surface area contributed by atoms with Gasteiger partial charge in [0.05, 0.1) is 0 Å². The molecule has 0 saturated carbocycles. The largest absolute Gasteiger partial charge is 0.340 e. The first-order chi connectivity index (χ1) is 9.51. The SMILES string of the molecule is CC(C)CCN1CCN(C(=O)C2(C)CCNCC2)CC1. The van der Waals surface area contributed by atoms with E-state index in [1.807, 2.05) is 0 Å². The van der Waals surface area contributed by atoms with E-state index in [0.29, 0.717) is 5.91 Å². The molecule has 0 radical (unpaired) electrons. The maximum Gasteiger partial charge on any atom is 0.228 e. The van der Waals surface area contributed by atoms with Gasteiger partial charge >= 0.3 is 0 Å². The van der Waals surface area contributed by atoms with Gasteiger partial charge in [0.2, 0.25) is 5.91 Å². The third kappa shape index (κ3) is 3.95. The first-order valence-corrected chi connectivity index (χ1v) is 8.24. The zero-order valence-corrected chi connectivity index (χ0v) is 13.5. The van der Waals surface area contributed by atoms with Crippen LogP contribution < -0.4 is 5.32 Å². The molecule has 0 aliphatic carbocycles. The first kappa shape index (κ1) is 15.8. The second-order valence-electron chi connectivity index (χ2n) is 7.13. The van der Waals surface area contributed by atoms with E-state index in [1.165, 1.54) is 13.0 Å². The average molecular weight is 281 g/mol. The van der Waals surface area contributed by atoms with E-state index in [0.717, 1.165) is 58.0 Å². The van der Waals surface area contributed by atoms with Crippen LogP contribution >= 0.6 is 0 Å². The first-order valence-electron chi connectivity index (χ1n) is 8.24. The molecule has 116 valence electrons. The lowest BCUT2D eigenvalue weighted by atomic mass is 9.79. The molecular weight excluding hydrogens is 250 g/mol. The lowest BCUT2D eigenvalue weighted by Gasteiger charge is -2.41. The fraction of sp³-hybridized carbons (Fsp3) is 0.938. The van der Waals surface area contributed by atoms with E-state index in [2.05, 4.69) is 35.9 Å². The van der Waals surface area contributed by atoms with Gasteiger partial charge < -0.3 is 10.2 Å². The van der Waals surface area contributed by atoms with Crippen LogP contribution in [0, 0.1) is 11.3 Å². The van der Waals surface area contributed by atoms with Gasteiger partial charge in [-0.2, -0.15) is 0 Å². The zero-order valence-electron chi connectivity index (χ0n) is 13.5. The number of piperazine rings is 1. The van der Waals surface area contributed by atoms with E-state index >= 15 is 0 Å². The van der Waals surface area contributed by atoms with Gasteiger partial charge in [0.15, 0.2) is 0 Å². The van der Waals surface area contributed by atoms with Crippen molar-refractivity contribution in [3.05, 3.63) is 0 Å². The van der Waals surface area contributed by atoms with Crippen molar-refractivity contribution in [2.45, 2.75) is 40.0 Å². The van der Waals surface area contributed by atoms with Crippen LogP contribution in [0.4, 0.5) is 0 Å². The molecule has 2 heterocycles. The maximum atomic E-state index is 12.7. The summed E-state index contributed by atoms with van der Waals surface area (Å²) in [7, 11) is 0. The Labute approximate surface area is 123 Å². The zero-order chi connectivity index (χ0) is 14.6. The van der Waals surface area contributed by atoms with E-state index in [9.17, 15) is 4.79 Å². The van der Waals surface area contributed by atoms with E-state index in [-0.39, 0.29) is 5.41 Å². The van der Waals surface area contributed by atoms with Crippen molar-refractivity contribution in [2.75, 3.05) is 45.8 Å². The number of amides is 1. The van der Waals surface area contributed by atoms with Gasteiger partial charge in [0.25, 0.3) is 0 Å². The Hall–Kier alpha value is -0.610. The van der Waals surface area contributed by atoms with E-state index in [4.69, 9.17) is 0 Å². The summed E-state index contributed by atoms with van der Waals surface area (Å²) in [5.41, 5.74) is -0.120. The molecule has 2 rings (SSSR count). The standard InChI is InChI=1S/C16H31N3O/c1-14(2)4-9-18-10-12-19(13-11-18)15(20)16(3)5-7-17-8-6-16/h14,17H,4-13H2,1-3H3. The number of rotatable bonds is 4. The molecule has 0 unspecified atom stereocenters. The molecule has 2 aliphatic heterocycles. The van der Waals surface area contributed by atoms with E-state index < -0.39 is 0 Å². The maximum absolute atomic E-state index is 12.7. The van der Waals surface area contributed by atoms with Crippen LogP contribution in [0.2, 0.25) is 0 Å². The second-order valence-corrected chi connectivity index (χ2v) is 7.13. The predicted molar refractivity (Wildman–Crippen MR) is 82.7 cm³/mol. The molecule has 4 heteroatoms.